The van der Waals surface area contributed by atoms with Crippen LogP contribution in [0.4, 0.5) is 0 Å². The second-order valence-electron chi connectivity index (χ2n) is 4.70. The third-order valence-electron chi connectivity index (χ3n) is 2.87. The number of ether oxygens (including phenoxy) is 1. The van der Waals surface area contributed by atoms with Gasteiger partial charge in [0, 0.05) is 25.4 Å². The number of hydrogen-bond donors (Lipinski definition) is 1. The lowest BCUT2D eigenvalue weighted by molar-refractivity contribution is -0.126. The zero-order chi connectivity index (χ0) is 13.0. The van der Waals surface area contributed by atoms with Crippen LogP contribution in [0.1, 0.15) is 33.6 Å². The molecule has 4 nitrogen and oxygen atoms in total. The van der Waals surface area contributed by atoms with Crippen molar-refractivity contribution in [3.05, 3.63) is 11.3 Å². The van der Waals surface area contributed by atoms with E-state index in [1.54, 1.807) is 13.8 Å². The second kappa shape index (κ2) is 5.96. The molecule has 0 atom stereocenters. The summed E-state index contributed by atoms with van der Waals surface area (Å²) in [7, 11) is 0. The van der Waals surface area contributed by atoms with E-state index in [1.165, 1.54) is 0 Å². The number of carbonyl (C=O) groups excluding carboxylic acids is 2. The Morgan fingerprint density at radius 1 is 1.35 bits per heavy atom. The summed E-state index contributed by atoms with van der Waals surface area (Å²) in [6.07, 6.45) is 0.579. The zero-order valence-corrected chi connectivity index (χ0v) is 10.7. The van der Waals surface area contributed by atoms with Gasteiger partial charge in [-0.1, -0.05) is 13.8 Å². The summed E-state index contributed by atoms with van der Waals surface area (Å²) in [6, 6.07) is 0. The van der Waals surface area contributed by atoms with E-state index in [0.717, 1.165) is 0 Å². The van der Waals surface area contributed by atoms with Crippen molar-refractivity contribution in [2.24, 2.45) is 11.8 Å². The molecule has 0 radical (unpaired) electrons. The SMILES string of the molecule is CCOCC1CC(=O)C(=C(O)C(C)C)C(=O)C1. The lowest BCUT2D eigenvalue weighted by atomic mass is 9.82. The number of hydrogen-bond acceptors (Lipinski definition) is 4. The summed E-state index contributed by atoms with van der Waals surface area (Å²) < 4.78 is 5.23. The predicted octanol–water partition coefficient (Wildman–Crippen LogP) is 2.04. The highest BCUT2D eigenvalue weighted by atomic mass is 16.5. The van der Waals surface area contributed by atoms with Gasteiger partial charge in [-0.25, -0.2) is 0 Å². The molecule has 0 amide bonds. The molecule has 0 aliphatic heterocycles. The van der Waals surface area contributed by atoms with Gasteiger partial charge in [-0.2, -0.15) is 0 Å². The maximum atomic E-state index is 11.8. The molecule has 0 spiro atoms. The molecule has 0 heterocycles. The highest BCUT2D eigenvalue weighted by molar-refractivity contribution is 6.22. The Morgan fingerprint density at radius 2 is 1.88 bits per heavy atom. The molecular formula is C13H20O4. The largest absolute Gasteiger partial charge is 0.511 e. The van der Waals surface area contributed by atoms with Crippen LogP contribution in [0.2, 0.25) is 0 Å². The first-order chi connectivity index (χ1) is 7.97. The summed E-state index contributed by atoms with van der Waals surface area (Å²) in [4.78, 5) is 23.7. The summed E-state index contributed by atoms with van der Waals surface area (Å²) in [6.45, 7) is 6.41. The maximum Gasteiger partial charge on any atom is 0.170 e. The quantitative estimate of drug-likeness (QED) is 0.464. The van der Waals surface area contributed by atoms with E-state index in [1.807, 2.05) is 6.92 Å². The first-order valence-electron chi connectivity index (χ1n) is 6.04. The van der Waals surface area contributed by atoms with Crippen molar-refractivity contribution in [1.82, 2.24) is 0 Å². The summed E-state index contributed by atoms with van der Waals surface area (Å²) in [5.74, 6) is -0.816. The van der Waals surface area contributed by atoms with E-state index in [2.05, 4.69) is 0 Å². The van der Waals surface area contributed by atoms with E-state index in [0.29, 0.717) is 13.2 Å². The Hall–Kier alpha value is -1.16. The van der Waals surface area contributed by atoms with Crippen molar-refractivity contribution in [3.8, 4) is 0 Å². The molecule has 1 aliphatic rings. The number of aliphatic hydroxyl groups is 1. The minimum atomic E-state index is -0.253. The molecule has 1 fully saturated rings. The van der Waals surface area contributed by atoms with Crippen LogP contribution < -0.4 is 0 Å². The molecule has 96 valence electrons. The smallest absolute Gasteiger partial charge is 0.170 e. The third kappa shape index (κ3) is 3.40. The van der Waals surface area contributed by atoms with E-state index in [9.17, 15) is 14.7 Å². The molecule has 1 saturated carbocycles. The summed E-state index contributed by atoms with van der Waals surface area (Å²) in [5.41, 5.74) is 0.00717. The topological polar surface area (TPSA) is 63.6 Å². The highest BCUT2D eigenvalue weighted by Gasteiger charge is 2.33. The van der Waals surface area contributed by atoms with Gasteiger partial charge < -0.3 is 9.84 Å². The van der Waals surface area contributed by atoms with Crippen LogP contribution in [0.3, 0.4) is 0 Å². The van der Waals surface area contributed by atoms with Crippen molar-refractivity contribution in [3.63, 3.8) is 0 Å². The lowest BCUT2D eigenvalue weighted by Crippen LogP contribution is -2.30. The fourth-order valence-corrected chi connectivity index (χ4v) is 1.93. The maximum absolute atomic E-state index is 11.8. The van der Waals surface area contributed by atoms with Crippen molar-refractivity contribution >= 4 is 11.6 Å². The van der Waals surface area contributed by atoms with Gasteiger partial charge in [0.2, 0.25) is 0 Å². The number of rotatable bonds is 4. The fourth-order valence-electron chi connectivity index (χ4n) is 1.93. The average molecular weight is 240 g/mol. The first-order valence-corrected chi connectivity index (χ1v) is 6.04. The molecule has 1 N–H and O–H groups in total. The van der Waals surface area contributed by atoms with Gasteiger partial charge in [-0.3, -0.25) is 9.59 Å². The lowest BCUT2D eigenvalue weighted by Gasteiger charge is -2.23. The molecule has 17 heavy (non-hydrogen) atoms. The van der Waals surface area contributed by atoms with Gasteiger partial charge in [-0.15, -0.1) is 0 Å². The van der Waals surface area contributed by atoms with Gasteiger partial charge in [0.1, 0.15) is 5.76 Å². The van der Waals surface area contributed by atoms with Gasteiger partial charge >= 0.3 is 0 Å². The Kier molecular flexibility index (Phi) is 4.87. The molecule has 0 saturated heterocycles. The Labute approximate surface area is 102 Å². The van der Waals surface area contributed by atoms with Crippen LogP contribution in [0.15, 0.2) is 11.3 Å². The van der Waals surface area contributed by atoms with Crippen molar-refractivity contribution in [2.45, 2.75) is 33.6 Å². The Bertz CT molecular complexity index is 321. The molecule has 0 unspecified atom stereocenters. The van der Waals surface area contributed by atoms with Gasteiger partial charge in [0.05, 0.1) is 12.2 Å². The van der Waals surface area contributed by atoms with Crippen LogP contribution in [-0.4, -0.2) is 29.9 Å². The standard InChI is InChI=1S/C13H20O4/c1-4-17-7-9-5-10(14)12(11(15)6-9)13(16)8(2)3/h8-9,16H,4-7H2,1-3H3. The van der Waals surface area contributed by atoms with Crippen molar-refractivity contribution in [2.75, 3.05) is 13.2 Å². The van der Waals surface area contributed by atoms with Crippen molar-refractivity contribution < 1.29 is 19.4 Å². The van der Waals surface area contributed by atoms with E-state index in [4.69, 9.17) is 4.74 Å². The predicted molar refractivity (Wildman–Crippen MR) is 63.7 cm³/mol. The van der Waals surface area contributed by atoms with Crippen LogP contribution in [0.5, 0.6) is 0 Å². The van der Waals surface area contributed by atoms with E-state index >= 15 is 0 Å². The third-order valence-corrected chi connectivity index (χ3v) is 2.87. The molecule has 1 rings (SSSR count). The van der Waals surface area contributed by atoms with Crippen molar-refractivity contribution in [1.29, 1.82) is 0 Å². The Balaban J connectivity index is 2.79. The van der Waals surface area contributed by atoms with Crippen LogP contribution >= 0.6 is 0 Å². The summed E-state index contributed by atoms with van der Waals surface area (Å²) >= 11 is 0. The van der Waals surface area contributed by atoms with Crippen LogP contribution in [0.25, 0.3) is 0 Å². The van der Waals surface area contributed by atoms with E-state index in [-0.39, 0.29) is 47.6 Å². The molecule has 0 aromatic rings. The van der Waals surface area contributed by atoms with E-state index < -0.39 is 0 Å². The van der Waals surface area contributed by atoms with Gasteiger partial charge in [-0.05, 0) is 12.8 Å². The molecule has 0 aromatic carbocycles. The Morgan fingerprint density at radius 3 is 2.29 bits per heavy atom. The molecule has 1 aliphatic carbocycles. The number of aliphatic hydroxyl groups excluding tert-OH is 1. The minimum absolute atomic E-state index is 0.00717. The average Bonchev–Trinajstić information content (AvgIpc) is 2.25. The first kappa shape index (κ1) is 13.9. The molecular weight excluding hydrogens is 220 g/mol. The number of ketones is 2. The fraction of sp³-hybridized carbons (Fsp3) is 0.692. The van der Waals surface area contributed by atoms with Gasteiger partial charge in [0.15, 0.2) is 11.6 Å². The van der Waals surface area contributed by atoms with Gasteiger partial charge in [0.25, 0.3) is 0 Å². The molecule has 0 aromatic heterocycles. The summed E-state index contributed by atoms with van der Waals surface area (Å²) in [5, 5.41) is 9.76. The van der Waals surface area contributed by atoms with Crippen LogP contribution in [0, 0.1) is 11.8 Å². The monoisotopic (exact) mass is 240 g/mol. The number of Topliss-reactive ketones (excluding diaryl/α,β-unsaturated/α-hetero) is 2. The normalized spacial score (nSPS) is 21.2. The second-order valence-corrected chi connectivity index (χ2v) is 4.70. The highest BCUT2D eigenvalue weighted by Crippen LogP contribution is 2.26. The number of carbonyl (C=O) groups is 2. The molecule has 4 heteroatoms. The minimum Gasteiger partial charge on any atom is -0.511 e. The zero-order valence-electron chi connectivity index (χ0n) is 10.7. The molecule has 0 bridgehead atoms. The van der Waals surface area contributed by atoms with Crippen LogP contribution in [-0.2, 0) is 14.3 Å². The number of allylic oxidation sites excluding steroid dienone is 2.